The average Bonchev–Trinajstić information content (AvgIpc) is 2.66. The monoisotopic (exact) mass is 297 g/mol. The number of carbonyl (C=O) groups excluding carboxylic acids is 2. The molecule has 1 unspecified atom stereocenters. The van der Waals surface area contributed by atoms with Crippen molar-refractivity contribution in [2.75, 3.05) is 17.2 Å². The van der Waals surface area contributed by atoms with Gasteiger partial charge in [0.25, 0.3) is 0 Å². The first-order valence-electron chi connectivity index (χ1n) is 6.16. The van der Waals surface area contributed by atoms with Crippen LogP contribution in [0.2, 0.25) is 5.02 Å². The molecule has 0 radical (unpaired) electrons. The number of benzene rings is 1. The molecule has 1 aromatic rings. The van der Waals surface area contributed by atoms with E-state index in [-0.39, 0.29) is 16.9 Å². The molecular formula is C14H16ClNO2S. The molecule has 1 aliphatic heterocycles. The van der Waals surface area contributed by atoms with Gasteiger partial charge in [-0.1, -0.05) is 23.4 Å². The van der Waals surface area contributed by atoms with Crippen LogP contribution >= 0.6 is 23.4 Å². The Labute approximate surface area is 122 Å². The summed E-state index contributed by atoms with van der Waals surface area (Å²) in [6, 6.07) is 5.64. The van der Waals surface area contributed by atoms with Gasteiger partial charge in [-0.15, -0.1) is 0 Å². The van der Waals surface area contributed by atoms with Crippen LogP contribution in [0.25, 0.3) is 0 Å². The zero-order valence-corrected chi connectivity index (χ0v) is 12.6. The second-order valence-electron chi connectivity index (χ2n) is 4.86. The van der Waals surface area contributed by atoms with Crippen molar-refractivity contribution >= 4 is 40.1 Å². The van der Waals surface area contributed by atoms with Gasteiger partial charge in [-0.2, -0.15) is 0 Å². The molecule has 1 atom stereocenters. The Hall–Kier alpha value is -1.00. The second-order valence-corrected chi connectivity index (χ2v) is 6.50. The van der Waals surface area contributed by atoms with E-state index in [1.165, 1.54) is 11.8 Å². The van der Waals surface area contributed by atoms with Crippen molar-refractivity contribution in [3.8, 4) is 0 Å². The van der Waals surface area contributed by atoms with E-state index in [1.807, 2.05) is 25.1 Å². The van der Waals surface area contributed by atoms with Gasteiger partial charge >= 0.3 is 0 Å². The number of hydrogen-bond acceptors (Lipinski definition) is 3. The first kappa shape index (κ1) is 14.4. The third kappa shape index (κ3) is 3.74. The van der Waals surface area contributed by atoms with E-state index in [9.17, 15) is 9.59 Å². The molecule has 19 heavy (non-hydrogen) atoms. The van der Waals surface area contributed by atoms with E-state index in [1.54, 1.807) is 11.8 Å². The van der Waals surface area contributed by atoms with Crippen LogP contribution in [0.5, 0.6) is 0 Å². The van der Waals surface area contributed by atoms with Crippen molar-refractivity contribution in [3.05, 3.63) is 28.8 Å². The summed E-state index contributed by atoms with van der Waals surface area (Å²) in [6.07, 6.45) is 0.506. The quantitative estimate of drug-likeness (QED) is 0.859. The zero-order valence-electron chi connectivity index (χ0n) is 11.0. The molecule has 1 heterocycles. The normalized spacial score (nSPS) is 19.0. The standard InChI is InChI=1S/C14H16ClNO2S/c1-9-3-12(15)6-13(4-9)16-7-11(5-14(16)18)8-19-10(2)17/h3-4,6,11H,5,7-8H2,1-2H3. The number of aryl methyl sites for hydroxylation is 1. The molecule has 0 aromatic heterocycles. The third-order valence-corrected chi connectivity index (χ3v) is 4.33. The lowest BCUT2D eigenvalue weighted by Crippen LogP contribution is -2.24. The maximum Gasteiger partial charge on any atom is 0.227 e. The Kier molecular flexibility index (Phi) is 4.53. The summed E-state index contributed by atoms with van der Waals surface area (Å²) in [4.78, 5) is 24.8. The number of nitrogens with zero attached hydrogens (tertiary/aromatic N) is 1. The molecule has 1 amide bonds. The van der Waals surface area contributed by atoms with Gasteiger partial charge in [0.2, 0.25) is 5.91 Å². The highest BCUT2D eigenvalue weighted by molar-refractivity contribution is 8.13. The van der Waals surface area contributed by atoms with Crippen LogP contribution in [0.3, 0.4) is 0 Å². The maximum atomic E-state index is 12.0. The van der Waals surface area contributed by atoms with Gasteiger partial charge < -0.3 is 4.90 Å². The molecule has 1 aromatic carbocycles. The number of carbonyl (C=O) groups is 2. The minimum Gasteiger partial charge on any atom is -0.312 e. The molecular weight excluding hydrogens is 282 g/mol. The fourth-order valence-electron chi connectivity index (χ4n) is 2.25. The van der Waals surface area contributed by atoms with Gasteiger partial charge in [-0.25, -0.2) is 0 Å². The van der Waals surface area contributed by atoms with Crippen molar-refractivity contribution in [1.82, 2.24) is 0 Å². The Morgan fingerprint density at radius 2 is 2.21 bits per heavy atom. The molecule has 5 heteroatoms. The van der Waals surface area contributed by atoms with Gasteiger partial charge in [0, 0.05) is 36.4 Å². The minimum absolute atomic E-state index is 0.101. The van der Waals surface area contributed by atoms with Crippen LogP contribution in [-0.4, -0.2) is 23.3 Å². The lowest BCUT2D eigenvalue weighted by atomic mass is 10.1. The third-order valence-electron chi connectivity index (χ3n) is 3.07. The molecule has 102 valence electrons. The largest absolute Gasteiger partial charge is 0.312 e. The molecule has 0 saturated carbocycles. The fraction of sp³-hybridized carbons (Fsp3) is 0.429. The van der Waals surface area contributed by atoms with E-state index in [4.69, 9.17) is 11.6 Å². The molecule has 0 bridgehead atoms. The van der Waals surface area contributed by atoms with E-state index in [2.05, 4.69) is 0 Å². The highest BCUT2D eigenvalue weighted by Crippen LogP contribution is 2.29. The van der Waals surface area contributed by atoms with Crippen LogP contribution in [0.4, 0.5) is 5.69 Å². The SMILES string of the molecule is CC(=O)SCC1CC(=O)N(c2cc(C)cc(Cl)c2)C1. The second kappa shape index (κ2) is 5.97. The number of hydrogen-bond donors (Lipinski definition) is 0. The van der Waals surface area contributed by atoms with Gasteiger partial charge in [0.05, 0.1) is 0 Å². The van der Waals surface area contributed by atoms with Crippen LogP contribution in [0, 0.1) is 12.8 Å². The highest BCUT2D eigenvalue weighted by Gasteiger charge is 2.30. The first-order valence-corrected chi connectivity index (χ1v) is 7.53. The smallest absolute Gasteiger partial charge is 0.227 e. The zero-order chi connectivity index (χ0) is 14.0. The summed E-state index contributed by atoms with van der Waals surface area (Å²) in [5, 5.41) is 0.744. The van der Waals surface area contributed by atoms with Crippen molar-refractivity contribution in [3.63, 3.8) is 0 Å². The minimum atomic E-state index is 0.101. The van der Waals surface area contributed by atoms with E-state index in [0.29, 0.717) is 23.7 Å². The topological polar surface area (TPSA) is 37.4 Å². The predicted molar refractivity (Wildman–Crippen MR) is 79.8 cm³/mol. The van der Waals surface area contributed by atoms with Crippen LogP contribution in [0.15, 0.2) is 18.2 Å². The Morgan fingerprint density at radius 3 is 2.84 bits per heavy atom. The van der Waals surface area contributed by atoms with Gasteiger partial charge in [-0.3, -0.25) is 9.59 Å². The molecule has 1 aliphatic rings. The summed E-state index contributed by atoms with van der Waals surface area (Å²) in [7, 11) is 0. The number of halogens is 1. The Bertz CT molecular complexity index is 498. The molecule has 1 saturated heterocycles. The number of amides is 1. The Balaban J connectivity index is 2.09. The summed E-state index contributed by atoms with van der Waals surface area (Å²) >= 11 is 7.32. The summed E-state index contributed by atoms with van der Waals surface area (Å²) in [6.45, 7) is 4.18. The maximum absolute atomic E-state index is 12.0. The van der Waals surface area contributed by atoms with Gasteiger partial charge in [0.15, 0.2) is 5.12 Å². The average molecular weight is 298 g/mol. The molecule has 0 N–H and O–H groups in total. The van der Waals surface area contributed by atoms with Crippen LogP contribution < -0.4 is 4.90 Å². The predicted octanol–water partition coefficient (Wildman–Crippen LogP) is 3.28. The molecule has 0 spiro atoms. The highest BCUT2D eigenvalue weighted by atomic mass is 35.5. The van der Waals surface area contributed by atoms with Gasteiger partial charge in [0.1, 0.15) is 0 Å². The van der Waals surface area contributed by atoms with Crippen molar-refractivity contribution < 1.29 is 9.59 Å². The summed E-state index contributed by atoms with van der Waals surface area (Å²) < 4.78 is 0. The lowest BCUT2D eigenvalue weighted by Gasteiger charge is -2.17. The van der Waals surface area contributed by atoms with Crippen LogP contribution in [0.1, 0.15) is 18.9 Å². The van der Waals surface area contributed by atoms with Gasteiger partial charge in [-0.05, 0) is 36.6 Å². The first-order chi connectivity index (χ1) is 8.95. The number of rotatable bonds is 3. The summed E-state index contributed by atoms with van der Waals surface area (Å²) in [5.41, 5.74) is 1.89. The van der Waals surface area contributed by atoms with Crippen LogP contribution in [-0.2, 0) is 9.59 Å². The lowest BCUT2D eigenvalue weighted by molar-refractivity contribution is -0.117. The number of anilines is 1. The molecule has 2 rings (SSSR count). The van der Waals surface area contributed by atoms with E-state index >= 15 is 0 Å². The molecule has 0 aliphatic carbocycles. The molecule has 3 nitrogen and oxygen atoms in total. The molecule has 1 fully saturated rings. The van der Waals surface area contributed by atoms with E-state index < -0.39 is 0 Å². The Morgan fingerprint density at radius 1 is 1.47 bits per heavy atom. The van der Waals surface area contributed by atoms with Crippen molar-refractivity contribution in [2.45, 2.75) is 20.3 Å². The fourth-order valence-corrected chi connectivity index (χ4v) is 3.23. The van der Waals surface area contributed by atoms with Crippen molar-refractivity contribution in [1.29, 1.82) is 0 Å². The summed E-state index contributed by atoms with van der Waals surface area (Å²) in [5.74, 6) is 1.05. The van der Waals surface area contributed by atoms with E-state index in [0.717, 1.165) is 11.3 Å². The number of thioether (sulfide) groups is 1. The van der Waals surface area contributed by atoms with Crippen molar-refractivity contribution in [2.24, 2.45) is 5.92 Å².